The molecule has 0 radical (unpaired) electrons. The standard InChI is InChI=1S/C25H22F2N4O2/c1-15-23(25(32)30-21-13-28-12-16-6-2-3-7-17(16)21)31-11-5-10-22(24(31)29-15)33-14-18-19(26)8-4-9-20(18)27/h2-11,21,28H,12-14H2,1H3,(H,30,32). The molecule has 1 aliphatic heterocycles. The third kappa shape index (κ3) is 3.93. The van der Waals surface area contributed by atoms with Crippen molar-refractivity contribution in [3.63, 3.8) is 0 Å². The fourth-order valence-corrected chi connectivity index (χ4v) is 4.21. The Morgan fingerprint density at radius 3 is 2.76 bits per heavy atom. The molecular weight excluding hydrogens is 426 g/mol. The molecule has 2 aromatic carbocycles. The lowest BCUT2D eigenvalue weighted by Gasteiger charge is -2.27. The van der Waals surface area contributed by atoms with Gasteiger partial charge >= 0.3 is 0 Å². The van der Waals surface area contributed by atoms with Gasteiger partial charge in [-0.1, -0.05) is 30.3 Å². The monoisotopic (exact) mass is 448 g/mol. The van der Waals surface area contributed by atoms with Crippen LogP contribution in [0.4, 0.5) is 8.78 Å². The Bertz CT molecular complexity index is 1330. The van der Waals surface area contributed by atoms with Crippen LogP contribution in [0, 0.1) is 18.6 Å². The number of rotatable bonds is 5. The van der Waals surface area contributed by atoms with Gasteiger partial charge in [-0.15, -0.1) is 0 Å². The summed E-state index contributed by atoms with van der Waals surface area (Å²) in [6, 6.07) is 14.9. The number of nitrogens with zero attached hydrogens (tertiary/aromatic N) is 2. The van der Waals surface area contributed by atoms with Crippen molar-refractivity contribution in [2.24, 2.45) is 0 Å². The quantitative estimate of drug-likeness (QED) is 0.483. The zero-order chi connectivity index (χ0) is 22.9. The molecule has 2 aromatic heterocycles. The molecule has 8 heteroatoms. The van der Waals surface area contributed by atoms with E-state index in [0.717, 1.165) is 17.7 Å². The van der Waals surface area contributed by atoms with E-state index in [1.54, 1.807) is 29.7 Å². The van der Waals surface area contributed by atoms with Crippen LogP contribution in [-0.2, 0) is 13.2 Å². The molecule has 1 aliphatic rings. The van der Waals surface area contributed by atoms with Gasteiger partial charge in [0.1, 0.15) is 23.9 Å². The summed E-state index contributed by atoms with van der Waals surface area (Å²) in [6.07, 6.45) is 1.72. The summed E-state index contributed by atoms with van der Waals surface area (Å²) in [4.78, 5) is 17.8. The van der Waals surface area contributed by atoms with E-state index in [1.807, 2.05) is 24.3 Å². The van der Waals surface area contributed by atoms with Crippen LogP contribution in [-0.4, -0.2) is 21.8 Å². The molecule has 4 aromatic rings. The van der Waals surface area contributed by atoms with Gasteiger partial charge < -0.3 is 15.4 Å². The van der Waals surface area contributed by atoms with Gasteiger partial charge in [0.2, 0.25) is 0 Å². The average Bonchev–Trinajstić information content (AvgIpc) is 3.15. The number of imidazole rings is 1. The molecule has 0 saturated heterocycles. The number of aromatic nitrogens is 2. The number of carbonyl (C=O) groups is 1. The van der Waals surface area contributed by atoms with Crippen LogP contribution in [0.15, 0.2) is 60.8 Å². The Kier molecular flexibility index (Phi) is 5.51. The number of aryl methyl sites for hydroxylation is 1. The van der Waals surface area contributed by atoms with Crippen LogP contribution in [0.2, 0.25) is 0 Å². The first-order valence-corrected chi connectivity index (χ1v) is 10.7. The first kappa shape index (κ1) is 21.1. The lowest BCUT2D eigenvalue weighted by atomic mass is 9.96. The molecule has 0 aliphatic carbocycles. The van der Waals surface area contributed by atoms with Crippen molar-refractivity contribution in [1.29, 1.82) is 0 Å². The normalized spacial score (nSPS) is 15.3. The van der Waals surface area contributed by atoms with Crippen LogP contribution in [0.25, 0.3) is 5.65 Å². The maximum atomic E-state index is 14.0. The molecule has 1 atom stereocenters. The van der Waals surface area contributed by atoms with Crippen molar-refractivity contribution < 1.29 is 18.3 Å². The maximum absolute atomic E-state index is 14.0. The minimum atomic E-state index is -0.678. The van der Waals surface area contributed by atoms with E-state index in [0.29, 0.717) is 29.3 Å². The largest absolute Gasteiger partial charge is 0.485 e. The molecule has 0 saturated carbocycles. The van der Waals surface area contributed by atoms with Gasteiger partial charge in [-0.2, -0.15) is 0 Å². The molecule has 168 valence electrons. The van der Waals surface area contributed by atoms with Crippen molar-refractivity contribution in [2.45, 2.75) is 26.1 Å². The van der Waals surface area contributed by atoms with Gasteiger partial charge in [-0.05, 0) is 42.3 Å². The Morgan fingerprint density at radius 1 is 1.15 bits per heavy atom. The number of halogens is 2. The first-order chi connectivity index (χ1) is 16.0. The molecule has 1 amide bonds. The SMILES string of the molecule is Cc1nc2c(OCc3c(F)cccc3F)cccn2c1C(=O)NC1CNCc2ccccc21. The van der Waals surface area contributed by atoms with Crippen LogP contribution < -0.4 is 15.4 Å². The van der Waals surface area contributed by atoms with E-state index >= 15 is 0 Å². The summed E-state index contributed by atoms with van der Waals surface area (Å²) in [5.41, 5.74) is 3.39. The van der Waals surface area contributed by atoms with Gasteiger partial charge in [0.25, 0.3) is 5.91 Å². The van der Waals surface area contributed by atoms with Crippen LogP contribution in [0.1, 0.15) is 38.9 Å². The summed E-state index contributed by atoms with van der Waals surface area (Å²) >= 11 is 0. The molecule has 5 rings (SSSR count). The Morgan fingerprint density at radius 2 is 1.94 bits per heavy atom. The van der Waals surface area contributed by atoms with E-state index in [9.17, 15) is 13.6 Å². The Labute approximate surface area is 189 Å². The van der Waals surface area contributed by atoms with Gasteiger partial charge in [0.05, 0.1) is 17.3 Å². The fraction of sp³-hybridized carbons (Fsp3) is 0.200. The maximum Gasteiger partial charge on any atom is 0.270 e. The number of hydrogen-bond acceptors (Lipinski definition) is 4. The highest BCUT2D eigenvalue weighted by Gasteiger charge is 2.25. The third-order valence-electron chi connectivity index (χ3n) is 5.84. The lowest BCUT2D eigenvalue weighted by molar-refractivity contribution is 0.0928. The van der Waals surface area contributed by atoms with Crippen molar-refractivity contribution >= 4 is 11.6 Å². The number of ether oxygens (including phenoxy) is 1. The molecule has 2 N–H and O–H groups in total. The van der Waals surface area contributed by atoms with Crippen molar-refractivity contribution in [3.8, 4) is 5.75 Å². The third-order valence-corrected chi connectivity index (χ3v) is 5.84. The van der Waals surface area contributed by atoms with E-state index in [-0.39, 0.29) is 24.1 Å². The number of nitrogens with one attached hydrogen (secondary N) is 2. The zero-order valence-corrected chi connectivity index (χ0v) is 17.9. The van der Waals surface area contributed by atoms with Gasteiger partial charge in [0.15, 0.2) is 11.4 Å². The summed E-state index contributed by atoms with van der Waals surface area (Å²) in [5.74, 6) is -1.29. The second-order valence-corrected chi connectivity index (χ2v) is 7.96. The second-order valence-electron chi connectivity index (χ2n) is 7.96. The molecule has 0 fully saturated rings. The summed E-state index contributed by atoms with van der Waals surface area (Å²) in [5, 5.41) is 6.43. The molecule has 0 spiro atoms. The average molecular weight is 448 g/mol. The summed E-state index contributed by atoms with van der Waals surface area (Å²) < 4.78 is 35.3. The smallest absolute Gasteiger partial charge is 0.270 e. The predicted molar refractivity (Wildman–Crippen MR) is 119 cm³/mol. The number of amides is 1. The number of pyridine rings is 1. The fourth-order valence-electron chi connectivity index (χ4n) is 4.21. The first-order valence-electron chi connectivity index (χ1n) is 10.7. The molecule has 33 heavy (non-hydrogen) atoms. The van der Waals surface area contributed by atoms with E-state index in [4.69, 9.17) is 4.74 Å². The lowest BCUT2D eigenvalue weighted by Crippen LogP contribution is -2.39. The minimum Gasteiger partial charge on any atom is -0.485 e. The highest BCUT2D eigenvalue weighted by Crippen LogP contribution is 2.26. The van der Waals surface area contributed by atoms with Crippen molar-refractivity contribution in [3.05, 3.63) is 101 Å². The topological polar surface area (TPSA) is 67.7 Å². The Hall–Kier alpha value is -3.78. The summed E-state index contributed by atoms with van der Waals surface area (Å²) in [7, 11) is 0. The molecule has 3 heterocycles. The molecule has 1 unspecified atom stereocenters. The molecule has 0 bridgehead atoms. The minimum absolute atomic E-state index is 0.163. The van der Waals surface area contributed by atoms with Crippen molar-refractivity contribution in [1.82, 2.24) is 20.0 Å². The van der Waals surface area contributed by atoms with E-state index in [2.05, 4.69) is 15.6 Å². The van der Waals surface area contributed by atoms with E-state index < -0.39 is 11.6 Å². The number of carbonyl (C=O) groups excluding carboxylic acids is 1. The predicted octanol–water partition coefficient (Wildman–Crippen LogP) is 4.07. The van der Waals surface area contributed by atoms with Gasteiger partial charge in [0, 0.05) is 19.3 Å². The van der Waals surface area contributed by atoms with Crippen LogP contribution >= 0.6 is 0 Å². The van der Waals surface area contributed by atoms with E-state index in [1.165, 1.54) is 18.2 Å². The molecular formula is C25H22F2N4O2. The zero-order valence-electron chi connectivity index (χ0n) is 17.9. The number of fused-ring (bicyclic) bond motifs is 2. The summed E-state index contributed by atoms with van der Waals surface area (Å²) in [6.45, 7) is 2.84. The highest BCUT2D eigenvalue weighted by molar-refractivity contribution is 5.95. The Balaban J connectivity index is 1.42. The number of hydrogen-bond donors (Lipinski definition) is 2. The van der Waals surface area contributed by atoms with Crippen LogP contribution in [0.5, 0.6) is 5.75 Å². The number of benzene rings is 2. The van der Waals surface area contributed by atoms with Gasteiger partial charge in [-0.25, -0.2) is 13.8 Å². The van der Waals surface area contributed by atoms with Crippen molar-refractivity contribution in [2.75, 3.05) is 6.54 Å². The highest BCUT2D eigenvalue weighted by atomic mass is 19.1. The molecule has 6 nitrogen and oxygen atoms in total. The van der Waals surface area contributed by atoms with Crippen LogP contribution in [0.3, 0.4) is 0 Å². The van der Waals surface area contributed by atoms with Gasteiger partial charge in [-0.3, -0.25) is 9.20 Å². The second kappa shape index (κ2) is 8.63.